The van der Waals surface area contributed by atoms with Crippen LogP contribution in [0.5, 0.6) is 0 Å². The summed E-state index contributed by atoms with van der Waals surface area (Å²) in [7, 11) is 1.79. The summed E-state index contributed by atoms with van der Waals surface area (Å²) >= 11 is 1.79. The molecule has 0 radical (unpaired) electrons. The maximum Gasteiger partial charge on any atom is 0.191 e. The molecule has 6 nitrogen and oxygen atoms in total. The first-order valence-electron chi connectivity index (χ1n) is 9.20. The fourth-order valence-electron chi connectivity index (χ4n) is 2.74. The zero-order valence-electron chi connectivity index (χ0n) is 15.9. The Morgan fingerprint density at radius 3 is 2.85 bits per heavy atom. The monoisotopic (exact) mass is 382 g/mol. The summed E-state index contributed by atoms with van der Waals surface area (Å²) in [5, 5.41) is 12.2. The van der Waals surface area contributed by atoms with Crippen molar-refractivity contribution in [1.82, 2.24) is 25.4 Å². The number of aliphatic imine (C=N–C) groups is 1. The van der Waals surface area contributed by atoms with E-state index in [1.165, 1.54) is 21.0 Å². The predicted molar refractivity (Wildman–Crippen MR) is 111 cm³/mol. The van der Waals surface area contributed by atoms with Crippen LogP contribution in [-0.4, -0.2) is 34.3 Å². The van der Waals surface area contributed by atoms with E-state index in [1.807, 2.05) is 23.1 Å². The Hall–Kier alpha value is -2.67. The van der Waals surface area contributed by atoms with Gasteiger partial charge in [-0.2, -0.15) is 5.10 Å². The largest absolute Gasteiger partial charge is 0.356 e. The molecule has 0 amide bonds. The van der Waals surface area contributed by atoms with E-state index in [2.05, 4.69) is 56.9 Å². The number of guanidine groups is 1. The molecule has 0 aliphatic rings. The fourth-order valence-corrected chi connectivity index (χ4v) is 3.60. The molecule has 0 saturated carbocycles. The molecule has 0 unspecified atom stereocenters. The summed E-state index contributed by atoms with van der Waals surface area (Å²) in [5.74, 6) is 0.805. The van der Waals surface area contributed by atoms with Crippen LogP contribution in [0.1, 0.15) is 27.9 Å². The number of thiazole rings is 1. The molecule has 0 saturated heterocycles. The molecular weight excluding hydrogens is 356 g/mol. The Kier molecular flexibility index (Phi) is 6.98. The summed E-state index contributed by atoms with van der Waals surface area (Å²) < 4.78 is 1.93. The molecule has 0 bridgehead atoms. The summed E-state index contributed by atoms with van der Waals surface area (Å²) in [6, 6.07) is 10.5. The number of aryl methyl sites for hydroxylation is 1. The van der Waals surface area contributed by atoms with E-state index < -0.39 is 0 Å². The van der Waals surface area contributed by atoms with Crippen LogP contribution >= 0.6 is 11.3 Å². The van der Waals surface area contributed by atoms with E-state index in [0.717, 1.165) is 38.4 Å². The van der Waals surface area contributed by atoms with E-state index in [1.54, 1.807) is 24.6 Å². The van der Waals surface area contributed by atoms with Crippen LogP contribution in [0.15, 0.2) is 53.9 Å². The van der Waals surface area contributed by atoms with Gasteiger partial charge in [0.25, 0.3) is 0 Å². The lowest BCUT2D eigenvalue weighted by atomic mass is 10.1. The molecule has 27 heavy (non-hydrogen) atoms. The van der Waals surface area contributed by atoms with Crippen molar-refractivity contribution in [1.29, 1.82) is 0 Å². The second-order valence-electron chi connectivity index (χ2n) is 6.20. The SMILES string of the molecule is CCc1cnc(CCNC(=NC)NCc2cccc(Cn3cccn3)c2)s1. The van der Waals surface area contributed by atoms with E-state index in [4.69, 9.17) is 0 Å². The van der Waals surface area contributed by atoms with Crippen molar-refractivity contribution in [2.75, 3.05) is 13.6 Å². The standard InChI is InChI=1S/C20H26N6S/c1-3-18-14-23-19(27-18)8-10-22-20(21-2)24-13-16-6-4-7-17(12-16)15-26-11-5-9-25-26/h4-7,9,11-12,14H,3,8,10,13,15H2,1-2H3,(H2,21,22,24). The average molecular weight is 383 g/mol. The van der Waals surface area contributed by atoms with Crippen molar-refractivity contribution in [2.24, 2.45) is 4.99 Å². The van der Waals surface area contributed by atoms with E-state index in [0.29, 0.717) is 0 Å². The van der Waals surface area contributed by atoms with Gasteiger partial charge >= 0.3 is 0 Å². The average Bonchev–Trinajstić information content (AvgIpc) is 3.36. The van der Waals surface area contributed by atoms with Crippen LogP contribution in [0.2, 0.25) is 0 Å². The molecule has 7 heteroatoms. The van der Waals surface area contributed by atoms with Crippen LogP contribution in [0, 0.1) is 0 Å². The highest BCUT2D eigenvalue weighted by molar-refractivity contribution is 7.11. The Morgan fingerprint density at radius 1 is 1.22 bits per heavy atom. The van der Waals surface area contributed by atoms with Crippen molar-refractivity contribution in [2.45, 2.75) is 32.9 Å². The molecule has 0 atom stereocenters. The van der Waals surface area contributed by atoms with Gasteiger partial charge in [-0.3, -0.25) is 9.67 Å². The van der Waals surface area contributed by atoms with Gasteiger partial charge in [0, 0.05) is 50.0 Å². The first-order valence-corrected chi connectivity index (χ1v) is 10.0. The zero-order valence-corrected chi connectivity index (χ0v) is 16.7. The first-order chi connectivity index (χ1) is 13.3. The molecular formula is C20H26N6S. The lowest BCUT2D eigenvalue weighted by molar-refractivity contribution is 0.685. The van der Waals surface area contributed by atoms with Crippen LogP contribution in [-0.2, 0) is 25.9 Å². The van der Waals surface area contributed by atoms with Gasteiger partial charge in [0.1, 0.15) is 0 Å². The van der Waals surface area contributed by atoms with Crippen LogP contribution in [0.3, 0.4) is 0 Å². The normalized spacial score (nSPS) is 11.6. The van der Waals surface area contributed by atoms with Crippen LogP contribution < -0.4 is 10.6 Å². The van der Waals surface area contributed by atoms with Crippen molar-refractivity contribution in [3.05, 3.63) is 69.9 Å². The summed E-state index contributed by atoms with van der Waals surface area (Å²) in [6.45, 7) is 4.48. The highest BCUT2D eigenvalue weighted by Crippen LogP contribution is 2.13. The molecule has 0 aliphatic heterocycles. The fraction of sp³-hybridized carbons (Fsp3) is 0.350. The summed E-state index contributed by atoms with van der Waals surface area (Å²) in [5.41, 5.74) is 2.45. The molecule has 2 heterocycles. The summed E-state index contributed by atoms with van der Waals surface area (Å²) in [6.07, 6.45) is 7.71. The second-order valence-corrected chi connectivity index (χ2v) is 7.40. The lowest BCUT2D eigenvalue weighted by Crippen LogP contribution is -2.37. The molecule has 142 valence electrons. The van der Waals surface area contributed by atoms with Gasteiger partial charge in [-0.05, 0) is 23.6 Å². The van der Waals surface area contributed by atoms with Gasteiger partial charge in [-0.1, -0.05) is 31.2 Å². The third-order valence-corrected chi connectivity index (χ3v) is 5.36. The predicted octanol–water partition coefficient (Wildman–Crippen LogP) is 2.86. The molecule has 0 aliphatic carbocycles. The third kappa shape index (κ3) is 5.92. The van der Waals surface area contributed by atoms with Gasteiger partial charge < -0.3 is 10.6 Å². The Bertz CT molecular complexity index is 853. The van der Waals surface area contributed by atoms with Gasteiger partial charge in [0.05, 0.1) is 11.6 Å². The first kappa shape index (κ1) is 19.1. The maximum atomic E-state index is 4.45. The maximum absolute atomic E-state index is 4.45. The van der Waals surface area contributed by atoms with E-state index in [9.17, 15) is 0 Å². The summed E-state index contributed by atoms with van der Waals surface area (Å²) in [4.78, 5) is 10.1. The Balaban J connectivity index is 1.46. The number of nitrogens with zero attached hydrogens (tertiary/aromatic N) is 4. The zero-order chi connectivity index (χ0) is 18.9. The van der Waals surface area contributed by atoms with Crippen molar-refractivity contribution in [3.63, 3.8) is 0 Å². The van der Waals surface area contributed by atoms with E-state index in [-0.39, 0.29) is 0 Å². The number of rotatable bonds is 8. The Labute approximate surface area is 164 Å². The Morgan fingerprint density at radius 2 is 2.11 bits per heavy atom. The topological polar surface area (TPSA) is 67.1 Å². The highest BCUT2D eigenvalue weighted by atomic mass is 32.1. The van der Waals surface area contributed by atoms with Crippen LogP contribution in [0.25, 0.3) is 0 Å². The minimum absolute atomic E-state index is 0.726. The minimum Gasteiger partial charge on any atom is -0.356 e. The van der Waals surface area contributed by atoms with Gasteiger partial charge in [0.2, 0.25) is 0 Å². The quantitative estimate of drug-likeness (QED) is 0.464. The highest BCUT2D eigenvalue weighted by Gasteiger charge is 2.03. The van der Waals surface area contributed by atoms with E-state index >= 15 is 0 Å². The molecule has 1 aromatic carbocycles. The van der Waals surface area contributed by atoms with Crippen molar-refractivity contribution >= 4 is 17.3 Å². The third-order valence-electron chi connectivity index (χ3n) is 4.16. The molecule has 3 aromatic rings. The number of nitrogens with one attached hydrogen (secondary N) is 2. The van der Waals surface area contributed by atoms with Gasteiger partial charge in [0.15, 0.2) is 5.96 Å². The molecule has 0 spiro atoms. The number of hydrogen-bond acceptors (Lipinski definition) is 4. The van der Waals surface area contributed by atoms with Crippen molar-refractivity contribution < 1.29 is 0 Å². The number of benzene rings is 1. The van der Waals surface area contributed by atoms with Crippen LogP contribution in [0.4, 0.5) is 0 Å². The lowest BCUT2D eigenvalue weighted by Gasteiger charge is -2.12. The molecule has 2 N–H and O–H groups in total. The van der Waals surface area contributed by atoms with Crippen molar-refractivity contribution in [3.8, 4) is 0 Å². The minimum atomic E-state index is 0.726. The smallest absolute Gasteiger partial charge is 0.191 e. The number of aromatic nitrogens is 3. The second kappa shape index (κ2) is 9.87. The van der Waals surface area contributed by atoms with Gasteiger partial charge in [-0.15, -0.1) is 11.3 Å². The van der Waals surface area contributed by atoms with Gasteiger partial charge in [-0.25, -0.2) is 4.98 Å². The molecule has 3 rings (SSSR count). The number of hydrogen-bond donors (Lipinski definition) is 2. The molecule has 2 aromatic heterocycles. The molecule has 0 fully saturated rings.